The molecule has 0 fully saturated rings. The largest absolute Gasteiger partial charge is 0.478 e. The topological polar surface area (TPSA) is 53.7 Å². The van der Waals surface area contributed by atoms with Gasteiger partial charge in [-0.1, -0.05) is 6.08 Å². The van der Waals surface area contributed by atoms with Crippen molar-refractivity contribution >= 4 is 11.9 Å². The van der Waals surface area contributed by atoms with Crippen LogP contribution in [0.4, 0.5) is 5.88 Å². The summed E-state index contributed by atoms with van der Waals surface area (Å²) < 4.78 is 5.35. The molecule has 76 valence electrons. The van der Waals surface area contributed by atoms with Gasteiger partial charge in [0.15, 0.2) is 5.88 Å². The third-order valence-electron chi connectivity index (χ3n) is 1.74. The van der Waals surface area contributed by atoms with Gasteiger partial charge in [0.1, 0.15) is 5.76 Å². The van der Waals surface area contributed by atoms with Gasteiger partial charge in [-0.3, -0.25) is 0 Å². The molecule has 0 aromatic carbocycles. The summed E-state index contributed by atoms with van der Waals surface area (Å²) in [4.78, 5) is 12.0. The van der Waals surface area contributed by atoms with Gasteiger partial charge in [0, 0.05) is 25.7 Å². The Balaban J connectivity index is 2.50. The van der Waals surface area contributed by atoms with E-state index in [0.717, 1.165) is 17.7 Å². The second kappa shape index (κ2) is 4.50. The molecule has 1 heterocycles. The van der Waals surface area contributed by atoms with Gasteiger partial charge < -0.3 is 14.4 Å². The number of carboxylic acid groups (broad SMARTS) is 1. The van der Waals surface area contributed by atoms with Gasteiger partial charge in [-0.15, -0.1) is 0 Å². The van der Waals surface area contributed by atoms with E-state index in [1.54, 1.807) is 6.08 Å². The summed E-state index contributed by atoms with van der Waals surface area (Å²) in [5.41, 5.74) is 0. The third kappa shape index (κ3) is 2.97. The van der Waals surface area contributed by atoms with Crippen molar-refractivity contribution in [2.45, 2.75) is 6.92 Å². The normalized spacial score (nSPS) is 10.7. The summed E-state index contributed by atoms with van der Waals surface area (Å²) in [7, 11) is 1.84. The highest BCUT2D eigenvalue weighted by molar-refractivity contribution is 5.79. The highest BCUT2D eigenvalue weighted by atomic mass is 16.4. The Bertz CT molecular complexity index is 341. The fourth-order valence-electron chi connectivity index (χ4n) is 1.03. The lowest BCUT2D eigenvalue weighted by Gasteiger charge is -2.12. The molecule has 0 aliphatic rings. The van der Waals surface area contributed by atoms with E-state index >= 15 is 0 Å². The Morgan fingerprint density at radius 1 is 1.64 bits per heavy atom. The van der Waals surface area contributed by atoms with Gasteiger partial charge in [-0.05, 0) is 13.0 Å². The number of hydrogen-bond acceptors (Lipinski definition) is 3. The minimum atomic E-state index is -0.936. The number of furan rings is 1. The first kappa shape index (κ1) is 10.4. The van der Waals surface area contributed by atoms with E-state index in [1.165, 1.54) is 0 Å². The Morgan fingerprint density at radius 3 is 2.86 bits per heavy atom. The molecular weight excluding hydrogens is 182 g/mol. The summed E-state index contributed by atoms with van der Waals surface area (Å²) in [6, 6.07) is 3.72. The van der Waals surface area contributed by atoms with Crippen LogP contribution in [0.5, 0.6) is 0 Å². The molecule has 1 aromatic rings. The molecule has 1 aromatic heterocycles. The number of anilines is 1. The molecule has 0 spiro atoms. The average molecular weight is 195 g/mol. The maximum atomic E-state index is 10.2. The van der Waals surface area contributed by atoms with Crippen molar-refractivity contribution in [3.8, 4) is 0 Å². The number of aliphatic carboxylic acids is 1. The van der Waals surface area contributed by atoms with Crippen molar-refractivity contribution in [2.24, 2.45) is 0 Å². The molecule has 4 heteroatoms. The van der Waals surface area contributed by atoms with Crippen LogP contribution in [0.3, 0.4) is 0 Å². The molecule has 14 heavy (non-hydrogen) atoms. The molecule has 1 N–H and O–H groups in total. The summed E-state index contributed by atoms with van der Waals surface area (Å²) in [5.74, 6) is 0.639. The molecular formula is C10H13NO3. The van der Waals surface area contributed by atoms with Gasteiger partial charge in [0.25, 0.3) is 0 Å². The van der Waals surface area contributed by atoms with E-state index in [0.29, 0.717) is 6.54 Å². The molecule has 0 aliphatic carbocycles. The fraction of sp³-hybridized carbons (Fsp3) is 0.300. The van der Waals surface area contributed by atoms with Crippen LogP contribution in [-0.4, -0.2) is 24.7 Å². The van der Waals surface area contributed by atoms with Crippen LogP contribution in [0.15, 0.2) is 28.7 Å². The van der Waals surface area contributed by atoms with E-state index < -0.39 is 5.97 Å². The van der Waals surface area contributed by atoms with Crippen LogP contribution >= 0.6 is 0 Å². The Hall–Kier alpha value is -1.71. The van der Waals surface area contributed by atoms with E-state index in [9.17, 15) is 4.79 Å². The Labute approximate surface area is 82.4 Å². The first-order valence-electron chi connectivity index (χ1n) is 4.26. The second-order valence-electron chi connectivity index (χ2n) is 3.01. The average Bonchev–Trinajstić information content (AvgIpc) is 2.51. The summed E-state index contributed by atoms with van der Waals surface area (Å²) in [5, 5.41) is 8.37. The zero-order valence-electron chi connectivity index (χ0n) is 8.23. The SMILES string of the molecule is Cc1ccc(N(C)C/C=C/C(=O)O)o1. The van der Waals surface area contributed by atoms with Gasteiger partial charge in [-0.25, -0.2) is 4.79 Å². The van der Waals surface area contributed by atoms with Gasteiger partial charge >= 0.3 is 5.97 Å². The lowest BCUT2D eigenvalue weighted by Crippen LogP contribution is -2.16. The van der Waals surface area contributed by atoms with E-state index in [4.69, 9.17) is 9.52 Å². The zero-order valence-corrected chi connectivity index (χ0v) is 8.23. The van der Waals surface area contributed by atoms with Crippen molar-refractivity contribution < 1.29 is 14.3 Å². The standard InChI is InChI=1S/C10H13NO3/c1-8-5-6-9(14-8)11(2)7-3-4-10(12)13/h3-6H,7H2,1-2H3,(H,12,13)/b4-3+. The van der Waals surface area contributed by atoms with Crippen LogP contribution in [0.25, 0.3) is 0 Å². The molecule has 0 saturated carbocycles. The zero-order chi connectivity index (χ0) is 10.6. The van der Waals surface area contributed by atoms with Crippen molar-refractivity contribution in [1.82, 2.24) is 0 Å². The fourth-order valence-corrected chi connectivity index (χ4v) is 1.03. The van der Waals surface area contributed by atoms with Crippen molar-refractivity contribution in [3.63, 3.8) is 0 Å². The molecule has 0 aliphatic heterocycles. The smallest absolute Gasteiger partial charge is 0.328 e. The highest BCUT2D eigenvalue weighted by Gasteiger charge is 2.02. The van der Waals surface area contributed by atoms with Crippen LogP contribution in [0.1, 0.15) is 5.76 Å². The van der Waals surface area contributed by atoms with E-state index in [2.05, 4.69) is 0 Å². The molecule has 0 bridgehead atoms. The first-order chi connectivity index (χ1) is 6.59. The van der Waals surface area contributed by atoms with Gasteiger partial charge in [0.2, 0.25) is 0 Å². The molecule has 0 radical (unpaired) electrons. The molecule has 0 amide bonds. The van der Waals surface area contributed by atoms with Gasteiger partial charge in [0.05, 0.1) is 0 Å². The minimum absolute atomic E-state index is 0.513. The van der Waals surface area contributed by atoms with Crippen molar-refractivity contribution in [2.75, 3.05) is 18.5 Å². The molecule has 1 rings (SSSR count). The number of aryl methyl sites for hydroxylation is 1. The van der Waals surface area contributed by atoms with Crippen LogP contribution in [0.2, 0.25) is 0 Å². The van der Waals surface area contributed by atoms with Crippen LogP contribution in [0, 0.1) is 6.92 Å². The number of carboxylic acids is 1. The lowest BCUT2D eigenvalue weighted by atomic mass is 10.4. The minimum Gasteiger partial charge on any atom is -0.478 e. The number of rotatable bonds is 4. The number of likely N-dealkylation sites (N-methyl/N-ethyl adjacent to an activating group) is 1. The third-order valence-corrected chi connectivity index (χ3v) is 1.74. The maximum absolute atomic E-state index is 10.2. The molecule has 0 atom stereocenters. The lowest BCUT2D eigenvalue weighted by molar-refractivity contribution is -0.131. The quantitative estimate of drug-likeness (QED) is 0.742. The molecule has 0 saturated heterocycles. The Morgan fingerprint density at radius 2 is 2.36 bits per heavy atom. The Kier molecular flexibility index (Phi) is 3.34. The van der Waals surface area contributed by atoms with E-state index in [-0.39, 0.29) is 0 Å². The van der Waals surface area contributed by atoms with Crippen molar-refractivity contribution in [3.05, 3.63) is 30.0 Å². The maximum Gasteiger partial charge on any atom is 0.328 e. The van der Waals surface area contributed by atoms with Gasteiger partial charge in [-0.2, -0.15) is 0 Å². The number of nitrogens with zero attached hydrogens (tertiary/aromatic N) is 1. The van der Waals surface area contributed by atoms with E-state index in [1.807, 2.05) is 31.0 Å². The number of carbonyl (C=O) groups is 1. The highest BCUT2D eigenvalue weighted by Crippen LogP contribution is 2.15. The number of hydrogen-bond donors (Lipinski definition) is 1. The predicted octanol–water partition coefficient (Wildman–Crippen LogP) is 1.67. The summed E-state index contributed by atoms with van der Waals surface area (Å²) in [6.45, 7) is 2.38. The predicted molar refractivity (Wildman–Crippen MR) is 53.5 cm³/mol. The second-order valence-corrected chi connectivity index (χ2v) is 3.01. The van der Waals surface area contributed by atoms with Crippen LogP contribution < -0.4 is 4.90 Å². The summed E-state index contributed by atoms with van der Waals surface area (Å²) in [6.07, 6.45) is 2.69. The van der Waals surface area contributed by atoms with Crippen molar-refractivity contribution in [1.29, 1.82) is 0 Å². The van der Waals surface area contributed by atoms with Crippen LogP contribution in [-0.2, 0) is 4.79 Å². The summed E-state index contributed by atoms with van der Waals surface area (Å²) >= 11 is 0. The monoisotopic (exact) mass is 195 g/mol. The first-order valence-corrected chi connectivity index (χ1v) is 4.26. The molecule has 0 unspecified atom stereocenters. The molecule has 4 nitrogen and oxygen atoms in total.